The first-order chi connectivity index (χ1) is 6.04. The molecule has 1 atom stereocenters. The zero-order valence-corrected chi connectivity index (χ0v) is 8.59. The molecule has 1 fully saturated rings. The topological polar surface area (TPSA) is 72.6 Å². The number of methoxy groups -OCH3 is 1. The van der Waals surface area contributed by atoms with Crippen LogP contribution < -0.4 is 5.14 Å². The van der Waals surface area contributed by atoms with Gasteiger partial charge in [-0.1, -0.05) is 0 Å². The average molecular weight is 208 g/mol. The fraction of sp³-hybridized carbons (Fsp3) is 1.00. The van der Waals surface area contributed by atoms with Crippen molar-refractivity contribution in [1.29, 1.82) is 0 Å². The highest BCUT2D eigenvalue weighted by molar-refractivity contribution is 7.86. The highest BCUT2D eigenvalue weighted by atomic mass is 32.2. The maximum Gasteiger partial charge on any atom is 0.276 e. The van der Waals surface area contributed by atoms with Gasteiger partial charge in [-0.3, -0.25) is 0 Å². The molecule has 78 valence electrons. The molecule has 2 N–H and O–H groups in total. The molecule has 6 heteroatoms. The van der Waals surface area contributed by atoms with Crippen molar-refractivity contribution in [2.75, 3.05) is 20.2 Å². The van der Waals surface area contributed by atoms with Crippen LogP contribution in [-0.2, 0) is 14.9 Å². The summed E-state index contributed by atoms with van der Waals surface area (Å²) in [6, 6.07) is 0. The van der Waals surface area contributed by atoms with Crippen LogP contribution in [0.15, 0.2) is 0 Å². The predicted octanol–water partition coefficient (Wildman–Crippen LogP) is -0.309. The summed E-state index contributed by atoms with van der Waals surface area (Å²) in [6.45, 7) is 0.982. The Labute approximate surface area is 79.0 Å². The summed E-state index contributed by atoms with van der Waals surface area (Å²) in [5, 5.41) is 5.02. The second-order valence-corrected chi connectivity index (χ2v) is 4.78. The van der Waals surface area contributed by atoms with Crippen molar-refractivity contribution in [3.05, 3.63) is 0 Å². The van der Waals surface area contributed by atoms with Crippen LogP contribution in [0.25, 0.3) is 0 Å². The van der Waals surface area contributed by atoms with Crippen LogP contribution in [0.1, 0.15) is 19.3 Å². The minimum atomic E-state index is -3.50. The molecule has 1 saturated heterocycles. The molecule has 0 spiro atoms. The lowest BCUT2D eigenvalue weighted by molar-refractivity contribution is 0.0916. The normalized spacial score (nSPS) is 27.1. The zero-order valence-electron chi connectivity index (χ0n) is 7.77. The first-order valence-electron chi connectivity index (χ1n) is 4.34. The number of ether oxygens (including phenoxy) is 1. The highest BCUT2D eigenvalue weighted by Gasteiger charge is 2.22. The largest absolute Gasteiger partial charge is 0.381 e. The summed E-state index contributed by atoms with van der Waals surface area (Å²) in [5.41, 5.74) is 0. The molecule has 0 amide bonds. The van der Waals surface area contributed by atoms with Crippen molar-refractivity contribution in [2.45, 2.75) is 25.4 Å². The quantitative estimate of drug-likeness (QED) is 0.676. The van der Waals surface area contributed by atoms with E-state index in [0.717, 1.165) is 19.3 Å². The first-order valence-corrected chi connectivity index (χ1v) is 5.85. The second kappa shape index (κ2) is 4.36. The van der Waals surface area contributed by atoms with Gasteiger partial charge in [0.1, 0.15) is 0 Å². The standard InChI is InChI=1S/C7H16N2O3S/c1-12-7-3-2-5-9(6-4-7)13(8,10)11/h7H,2-6H2,1H3,(H2,8,10,11). The monoisotopic (exact) mass is 208 g/mol. The van der Waals surface area contributed by atoms with Gasteiger partial charge in [-0.05, 0) is 19.3 Å². The van der Waals surface area contributed by atoms with Crippen LogP contribution >= 0.6 is 0 Å². The lowest BCUT2D eigenvalue weighted by Gasteiger charge is -2.16. The minimum absolute atomic E-state index is 0.173. The second-order valence-electron chi connectivity index (χ2n) is 3.23. The van der Waals surface area contributed by atoms with Gasteiger partial charge in [-0.15, -0.1) is 0 Å². The molecule has 1 aliphatic heterocycles. The number of hydrogen-bond acceptors (Lipinski definition) is 3. The summed E-state index contributed by atoms with van der Waals surface area (Å²) in [4.78, 5) is 0. The molecule has 0 aromatic carbocycles. The number of hydrogen-bond donors (Lipinski definition) is 1. The molecule has 0 aromatic rings. The van der Waals surface area contributed by atoms with E-state index >= 15 is 0 Å². The van der Waals surface area contributed by atoms with E-state index in [1.165, 1.54) is 4.31 Å². The fourth-order valence-electron chi connectivity index (χ4n) is 1.53. The molecule has 5 nitrogen and oxygen atoms in total. The van der Waals surface area contributed by atoms with Gasteiger partial charge >= 0.3 is 0 Å². The number of nitrogens with two attached hydrogens (primary N) is 1. The van der Waals surface area contributed by atoms with Gasteiger partial charge in [-0.25, -0.2) is 5.14 Å². The van der Waals surface area contributed by atoms with Gasteiger partial charge in [0.05, 0.1) is 6.10 Å². The first kappa shape index (κ1) is 10.9. The zero-order chi connectivity index (χ0) is 9.90. The van der Waals surface area contributed by atoms with E-state index in [4.69, 9.17) is 9.88 Å². The molecule has 1 unspecified atom stereocenters. The van der Waals surface area contributed by atoms with E-state index < -0.39 is 10.2 Å². The predicted molar refractivity (Wildman–Crippen MR) is 49.3 cm³/mol. The molecule has 0 bridgehead atoms. The summed E-state index contributed by atoms with van der Waals surface area (Å²) in [7, 11) is -1.85. The molecule has 0 aromatic heterocycles. The van der Waals surface area contributed by atoms with E-state index in [9.17, 15) is 8.42 Å². The van der Waals surface area contributed by atoms with E-state index in [-0.39, 0.29) is 6.10 Å². The average Bonchev–Trinajstić information content (AvgIpc) is 2.26. The van der Waals surface area contributed by atoms with Gasteiger partial charge in [0.2, 0.25) is 0 Å². The smallest absolute Gasteiger partial charge is 0.276 e. The fourth-order valence-corrected chi connectivity index (χ4v) is 2.27. The molecule has 0 aliphatic carbocycles. The van der Waals surface area contributed by atoms with E-state index in [2.05, 4.69) is 0 Å². The maximum atomic E-state index is 11.0. The third kappa shape index (κ3) is 3.22. The Hall–Kier alpha value is -0.170. The third-order valence-electron chi connectivity index (χ3n) is 2.33. The molecular weight excluding hydrogens is 192 g/mol. The van der Waals surface area contributed by atoms with Gasteiger partial charge in [-0.2, -0.15) is 12.7 Å². The molecule has 0 saturated carbocycles. The van der Waals surface area contributed by atoms with Gasteiger partial charge in [0.25, 0.3) is 10.2 Å². The van der Waals surface area contributed by atoms with Gasteiger partial charge in [0.15, 0.2) is 0 Å². The summed E-state index contributed by atoms with van der Waals surface area (Å²) < 4.78 is 28.5. The van der Waals surface area contributed by atoms with Crippen molar-refractivity contribution in [3.8, 4) is 0 Å². The number of nitrogens with zero attached hydrogens (tertiary/aromatic N) is 1. The van der Waals surface area contributed by atoms with E-state index in [1.807, 2.05) is 0 Å². The molecule has 0 radical (unpaired) electrons. The van der Waals surface area contributed by atoms with Crippen LogP contribution in [0, 0.1) is 0 Å². The van der Waals surface area contributed by atoms with Crippen molar-refractivity contribution in [1.82, 2.24) is 4.31 Å². The molecule has 1 aliphatic rings. The Balaban J connectivity index is 2.55. The van der Waals surface area contributed by atoms with Crippen LogP contribution in [0.3, 0.4) is 0 Å². The molecule has 1 rings (SSSR count). The Bertz CT molecular complexity index is 252. The van der Waals surface area contributed by atoms with Crippen LogP contribution in [0.2, 0.25) is 0 Å². The Morgan fingerprint density at radius 3 is 2.62 bits per heavy atom. The Kier molecular flexibility index (Phi) is 3.66. The Morgan fingerprint density at radius 2 is 2.08 bits per heavy atom. The molecule has 1 heterocycles. The van der Waals surface area contributed by atoms with Crippen molar-refractivity contribution in [3.63, 3.8) is 0 Å². The van der Waals surface area contributed by atoms with Crippen LogP contribution in [0.5, 0.6) is 0 Å². The minimum Gasteiger partial charge on any atom is -0.381 e. The lowest BCUT2D eigenvalue weighted by atomic mass is 10.2. The molecule has 13 heavy (non-hydrogen) atoms. The number of rotatable bonds is 2. The van der Waals surface area contributed by atoms with Crippen LogP contribution in [0.4, 0.5) is 0 Å². The van der Waals surface area contributed by atoms with E-state index in [1.54, 1.807) is 7.11 Å². The summed E-state index contributed by atoms with van der Waals surface area (Å²) in [5.74, 6) is 0. The van der Waals surface area contributed by atoms with Crippen molar-refractivity contribution < 1.29 is 13.2 Å². The van der Waals surface area contributed by atoms with Gasteiger partial charge < -0.3 is 4.74 Å². The van der Waals surface area contributed by atoms with Gasteiger partial charge in [0, 0.05) is 20.2 Å². The highest BCUT2D eigenvalue weighted by Crippen LogP contribution is 2.14. The summed E-state index contributed by atoms with van der Waals surface area (Å²) in [6.07, 6.45) is 2.62. The molecular formula is C7H16N2O3S. The van der Waals surface area contributed by atoms with Crippen LogP contribution in [-0.4, -0.2) is 39.0 Å². The summed E-state index contributed by atoms with van der Waals surface area (Å²) >= 11 is 0. The third-order valence-corrected chi connectivity index (χ3v) is 3.41. The SMILES string of the molecule is COC1CCCN(S(N)(=O)=O)CC1. The maximum absolute atomic E-state index is 11.0. The van der Waals surface area contributed by atoms with Crippen molar-refractivity contribution in [2.24, 2.45) is 5.14 Å². The Morgan fingerprint density at radius 1 is 1.38 bits per heavy atom. The lowest BCUT2D eigenvalue weighted by Crippen LogP contribution is -2.37. The van der Waals surface area contributed by atoms with Crippen molar-refractivity contribution >= 4 is 10.2 Å². The van der Waals surface area contributed by atoms with E-state index in [0.29, 0.717) is 13.1 Å².